The van der Waals surface area contributed by atoms with Crippen LogP contribution in [0.5, 0.6) is 0 Å². The van der Waals surface area contributed by atoms with E-state index < -0.39 is 0 Å². The highest BCUT2D eigenvalue weighted by molar-refractivity contribution is 5.74. The number of piperidine rings is 1. The van der Waals surface area contributed by atoms with E-state index in [0.717, 1.165) is 43.9 Å². The lowest BCUT2D eigenvalue weighted by molar-refractivity contribution is 0.144. The van der Waals surface area contributed by atoms with E-state index in [1.807, 2.05) is 21.6 Å². The van der Waals surface area contributed by atoms with Gasteiger partial charge in [-0.2, -0.15) is 0 Å². The van der Waals surface area contributed by atoms with Crippen LogP contribution in [0.4, 0.5) is 4.79 Å². The number of nitrogens with one attached hydrogen (secondary N) is 1. The van der Waals surface area contributed by atoms with Crippen molar-refractivity contribution in [2.45, 2.75) is 45.3 Å². The van der Waals surface area contributed by atoms with Crippen LogP contribution in [0, 0.1) is 0 Å². The van der Waals surface area contributed by atoms with E-state index in [2.05, 4.69) is 22.4 Å². The van der Waals surface area contributed by atoms with E-state index in [4.69, 9.17) is 4.42 Å². The van der Waals surface area contributed by atoms with Gasteiger partial charge in [-0.25, -0.2) is 4.79 Å². The number of carbonyl (C=O) groups excluding carboxylic acids is 1. The minimum absolute atomic E-state index is 0.00667. The Bertz CT molecular complexity index is 607. The normalized spacial score (nSPS) is 18.4. The predicted octanol–water partition coefficient (Wildman–Crippen LogP) is 2.33. The van der Waals surface area contributed by atoms with Crippen molar-refractivity contribution >= 4 is 6.03 Å². The summed E-state index contributed by atoms with van der Waals surface area (Å²) in [5.41, 5.74) is 0. The molecule has 2 amide bonds. The van der Waals surface area contributed by atoms with Crippen molar-refractivity contribution in [3.8, 4) is 0 Å². The second kappa shape index (κ2) is 6.64. The number of likely N-dealkylation sites (tertiary alicyclic amines) is 1. The van der Waals surface area contributed by atoms with Gasteiger partial charge in [0.15, 0.2) is 5.82 Å². The van der Waals surface area contributed by atoms with Gasteiger partial charge in [0.25, 0.3) is 0 Å². The minimum Gasteiger partial charge on any atom is -0.467 e. The van der Waals surface area contributed by atoms with Crippen LogP contribution in [0.3, 0.4) is 0 Å². The van der Waals surface area contributed by atoms with Crippen LogP contribution in [0.15, 0.2) is 29.1 Å². The average Bonchev–Trinajstić information content (AvgIpc) is 3.23. The minimum atomic E-state index is -0.0771. The summed E-state index contributed by atoms with van der Waals surface area (Å²) in [5.74, 6) is 1.62. The first kappa shape index (κ1) is 14.6. The molecule has 7 nitrogen and oxygen atoms in total. The second-order valence-corrected chi connectivity index (χ2v) is 5.42. The molecule has 0 aromatic carbocycles. The Morgan fingerprint density at radius 1 is 1.50 bits per heavy atom. The number of urea groups is 1. The number of rotatable bonds is 4. The molecule has 0 bridgehead atoms. The molecule has 1 fully saturated rings. The SMILES string of the molecule is CCn1cnnc1C1CCCCN1C(=O)NCc1ccco1. The summed E-state index contributed by atoms with van der Waals surface area (Å²) in [5, 5.41) is 11.1. The highest BCUT2D eigenvalue weighted by Gasteiger charge is 2.31. The first-order chi connectivity index (χ1) is 10.8. The lowest BCUT2D eigenvalue weighted by Gasteiger charge is -2.35. The van der Waals surface area contributed by atoms with Gasteiger partial charge >= 0.3 is 6.03 Å². The molecule has 0 radical (unpaired) electrons. The number of aromatic nitrogens is 3. The predicted molar refractivity (Wildman–Crippen MR) is 79.9 cm³/mol. The van der Waals surface area contributed by atoms with Crippen LogP contribution in [-0.2, 0) is 13.1 Å². The molecule has 1 N–H and O–H groups in total. The molecule has 0 saturated carbocycles. The molecule has 1 atom stereocenters. The Kier molecular flexibility index (Phi) is 4.41. The number of hydrogen-bond acceptors (Lipinski definition) is 4. The molecular weight excluding hydrogens is 282 g/mol. The van der Waals surface area contributed by atoms with Gasteiger partial charge in [0.2, 0.25) is 0 Å². The third-order valence-corrected chi connectivity index (χ3v) is 4.04. The Labute approximate surface area is 129 Å². The molecule has 118 valence electrons. The third kappa shape index (κ3) is 2.98. The molecule has 7 heteroatoms. The standard InChI is InChI=1S/C15H21N5O2/c1-2-19-11-17-18-14(19)13-7-3-4-8-20(13)15(21)16-10-12-6-5-9-22-12/h5-6,9,11,13H,2-4,7-8,10H2,1H3,(H,16,21). The van der Waals surface area contributed by atoms with E-state index >= 15 is 0 Å². The molecule has 3 heterocycles. The molecule has 1 saturated heterocycles. The summed E-state index contributed by atoms with van der Waals surface area (Å²) in [6.45, 7) is 4.00. The van der Waals surface area contributed by atoms with E-state index in [-0.39, 0.29) is 12.1 Å². The highest BCUT2D eigenvalue weighted by atomic mass is 16.3. The number of furan rings is 1. The van der Waals surface area contributed by atoms with Gasteiger partial charge in [-0.15, -0.1) is 10.2 Å². The third-order valence-electron chi connectivity index (χ3n) is 4.04. The van der Waals surface area contributed by atoms with E-state index in [0.29, 0.717) is 6.54 Å². The first-order valence-corrected chi connectivity index (χ1v) is 7.74. The second-order valence-electron chi connectivity index (χ2n) is 5.42. The summed E-state index contributed by atoms with van der Waals surface area (Å²) in [6, 6.07) is 3.58. The largest absolute Gasteiger partial charge is 0.467 e. The Balaban J connectivity index is 1.70. The number of nitrogens with zero attached hydrogens (tertiary/aromatic N) is 4. The highest BCUT2D eigenvalue weighted by Crippen LogP contribution is 2.29. The topological polar surface area (TPSA) is 76.2 Å². The molecule has 2 aromatic rings. The van der Waals surface area contributed by atoms with Gasteiger partial charge in [-0.3, -0.25) is 0 Å². The molecule has 2 aromatic heterocycles. The first-order valence-electron chi connectivity index (χ1n) is 7.74. The maximum atomic E-state index is 12.5. The lowest BCUT2D eigenvalue weighted by Crippen LogP contribution is -2.45. The quantitative estimate of drug-likeness (QED) is 0.940. The van der Waals surface area contributed by atoms with Crippen molar-refractivity contribution in [2.75, 3.05) is 6.54 Å². The Morgan fingerprint density at radius 2 is 2.41 bits per heavy atom. The summed E-state index contributed by atoms with van der Waals surface area (Å²) in [6.07, 6.45) is 6.37. The van der Waals surface area contributed by atoms with Crippen LogP contribution in [0.25, 0.3) is 0 Å². The summed E-state index contributed by atoms with van der Waals surface area (Å²) in [4.78, 5) is 14.4. The van der Waals surface area contributed by atoms with Crippen molar-refractivity contribution in [2.24, 2.45) is 0 Å². The smallest absolute Gasteiger partial charge is 0.318 e. The van der Waals surface area contributed by atoms with Crippen molar-refractivity contribution in [1.29, 1.82) is 0 Å². The summed E-state index contributed by atoms with van der Waals surface area (Å²) < 4.78 is 7.25. The van der Waals surface area contributed by atoms with Crippen molar-refractivity contribution < 1.29 is 9.21 Å². The van der Waals surface area contributed by atoms with Gasteiger partial charge in [0.1, 0.15) is 12.1 Å². The maximum Gasteiger partial charge on any atom is 0.318 e. The van der Waals surface area contributed by atoms with Crippen LogP contribution in [0.1, 0.15) is 43.8 Å². The lowest BCUT2D eigenvalue weighted by atomic mass is 10.0. The number of carbonyl (C=O) groups is 1. The molecule has 1 aliphatic heterocycles. The molecule has 3 rings (SSSR count). The molecule has 22 heavy (non-hydrogen) atoms. The number of hydrogen-bond donors (Lipinski definition) is 1. The average molecular weight is 303 g/mol. The number of amides is 2. The molecule has 1 unspecified atom stereocenters. The zero-order chi connectivity index (χ0) is 15.4. The van der Waals surface area contributed by atoms with E-state index in [1.54, 1.807) is 12.6 Å². The van der Waals surface area contributed by atoms with Crippen LogP contribution in [0.2, 0.25) is 0 Å². The van der Waals surface area contributed by atoms with Crippen molar-refractivity contribution in [3.63, 3.8) is 0 Å². The van der Waals surface area contributed by atoms with Crippen LogP contribution < -0.4 is 5.32 Å². The molecule has 0 aliphatic carbocycles. The maximum absolute atomic E-state index is 12.5. The van der Waals surface area contributed by atoms with Crippen LogP contribution in [-0.4, -0.2) is 32.2 Å². The monoisotopic (exact) mass is 303 g/mol. The van der Waals surface area contributed by atoms with Gasteiger partial charge in [-0.05, 0) is 38.3 Å². The van der Waals surface area contributed by atoms with Gasteiger partial charge < -0.3 is 19.2 Å². The summed E-state index contributed by atoms with van der Waals surface area (Å²) in [7, 11) is 0. The Morgan fingerprint density at radius 3 is 3.18 bits per heavy atom. The van der Waals surface area contributed by atoms with Gasteiger partial charge in [0.05, 0.1) is 18.8 Å². The fraction of sp³-hybridized carbons (Fsp3) is 0.533. The molecule has 1 aliphatic rings. The Hall–Kier alpha value is -2.31. The number of aryl methyl sites for hydroxylation is 1. The molecular formula is C15H21N5O2. The van der Waals surface area contributed by atoms with Gasteiger partial charge in [-0.1, -0.05) is 0 Å². The van der Waals surface area contributed by atoms with E-state index in [1.165, 1.54) is 0 Å². The summed E-state index contributed by atoms with van der Waals surface area (Å²) >= 11 is 0. The zero-order valence-electron chi connectivity index (χ0n) is 12.7. The fourth-order valence-electron chi connectivity index (χ4n) is 2.89. The van der Waals surface area contributed by atoms with Crippen molar-refractivity contribution in [3.05, 3.63) is 36.3 Å². The zero-order valence-corrected chi connectivity index (χ0v) is 12.7. The fourth-order valence-corrected chi connectivity index (χ4v) is 2.89. The van der Waals surface area contributed by atoms with E-state index in [9.17, 15) is 4.79 Å². The molecule has 0 spiro atoms. The van der Waals surface area contributed by atoms with Crippen LogP contribution >= 0.6 is 0 Å². The van der Waals surface area contributed by atoms with Gasteiger partial charge in [0, 0.05) is 13.1 Å². The van der Waals surface area contributed by atoms with Crippen molar-refractivity contribution in [1.82, 2.24) is 25.0 Å².